The number of nitrogens with zero attached hydrogens (tertiary/aromatic N) is 2. The summed E-state index contributed by atoms with van der Waals surface area (Å²) in [4.78, 5) is 15.9. The van der Waals surface area contributed by atoms with Crippen LogP contribution in [0, 0.1) is 0 Å². The van der Waals surface area contributed by atoms with Gasteiger partial charge in [-0.25, -0.2) is 0 Å². The van der Waals surface area contributed by atoms with Crippen LogP contribution in [0.5, 0.6) is 0 Å². The predicted octanol–water partition coefficient (Wildman–Crippen LogP) is 2.24. The molecule has 20 heavy (non-hydrogen) atoms. The number of carbonyl (C=O) groups is 1. The second-order valence-electron chi connectivity index (χ2n) is 6.51. The van der Waals surface area contributed by atoms with Crippen molar-refractivity contribution in [3.05, 3.63) is 34.9 Å². The summed E-state index contributed by atoms with van der Waals surface area (Å²) in [5, 5.41) is 0. The second-order valence-corrected chi connectivity index (χ2v) is 6.92. The van der Waals surface area contributed by atoms with Crippen LogP contribution in [0.1, 0.15) is 30.5 Å². The van der Waals surface area contributed by atoms with E-state index in [-0.39, 0.29) is 11.3 Å². The lowest BCUT2D eigenvalue weighted by atomic mass is 9.78. The number of hydrogen-bond donors (Lipinski definition) is 0. The maximum Gasteiger partial charge on any atom is 0.236 e. The van der Waals surface area contributed by atoms with Gasteiger partial charge >= 0.3 is 0 Å². The van der Waals surface area contributed by atoms with Gasteiger partial charge in [-0.1, -0.05) is 32.0 Å². The first-order valence-electron chi connectivity index (χ1n) is 7.08. The number of likely N-dealkylation sites (N-methyl/N-ethyl adjacent to an activating group) is 1. The molecule has 0 spiro atoms. The Labute approximate surface area is 124 Å². The lowest BCUT2D eigenvalue weighted by Crippen LogP contribution is -2.46. The van der Waals surface area contributed by atoms with E-state index < -0.39 is 0 Å². The fraction of sp³-hybridized carbons (Fsp3) is 0.562. The Morgan fingerprint density at radius 2 is 2.10 bits per heavy atom. The molecule has 1 amide bonds. The molecule has 0 saturated carbocycles. The van der Waals surface area contributed by atoms with E-state index in [9.17, 15) is 4.79 Å². The van der Waals surface area contributed by atoms with Gasteiger partial charge in [0.25, 0.3) is 0 Å². The van der Waals surface area contributed by atoms with Crippen LogP contribution in [0.2, 0.25) is 0 Å². The zero-order chi connectivity index (χ0) is 14.9. The maximum atomic E-state index is 11.9. The molecule has 1 atom stereocenters. The van der Waals surface area contributed by atoms with Crippen molar-refractivity contribution in [1.82, 2.24) is 9.80 Å². The highest BCUT2D eigenvalue weighted by molar-refractivity contribution is 7.15. The van der Waals surface area contributed by atoms with Crippen molar-refractivity contribution in [1.29, 1.82) is 0 Å². The van der Waals surface area contributed by atoms with E-state index in [1.807, 2.05) is 14.1 Å². The minimum atomic E-state index is 0.0968. The van der Waals surface area contributed by atoms with Gasteiger partial charge in [0, 0.05) is 32.6 Å². The summed E-state index contributed by atoms with van der Waals surface area (Å²) in [5.41, 5.74) is 4.23. The van der Waals surface area contributed by atoms with Crippen LogP contribution in [0.25, 0.3) is 0 Å². The van der Waals surface area contributed by atoms with Gasteiger partial charge in [-0.05, 0) is 22.9 Å². The molecule has 110 valence electrons. The van der Waals surface area contributed by atoms with Gasteiger partial charge in [-0.15, -0.1) is 9.24 Å². The van der Waals surface area contributed by atoms with Gasteiger partial charge in [0.05, 0.1) is 6.54 Å². The molecule has 4 heteroatoms. The molecule has 1 aromatic rings. The third-order valence-corrected chi connectivity index (χ3v) is 4.48. The molecule has 0 fully saturated rings. The average Bonchev–Trinajstić information content (AvgIpc) is 2.36. The van der Waals surface area contributed by atoms with Crippen LogP contribution in [0.15, 0.2) is 18.2 Å². The van der Waals surface area contributed by atoms with Gasteiger partial charge in [0.2, 0.25) is 5.91 Å². The molecule has 0 N–H and O–H groups in total. The van der Waals surface area contributed by atoms with E-state index in [0.717, 1.165) is 19.3 Å². The largest absolute Gasteiger partial charge is 0.348 e. The molecule has 1 aliphatic rings. The topological polar surface area (TPSA) is 23.6 Å². The zero-order valence-electron chi connectivity index (χ0n) is 12.9. The molecule has 1 aromatic carbocycles. The molecular formula is C16H25N2OP. The standard InChI is InChI=1S/C16H25N2OP/c1-16(2)11-18(9-15(19)17(3)4)8-13-7-12(10-20)5-6-14(13)16/h5-7H,8-11,20H2,1-4H3. The van der Waals surface area contributed by atoms with E-state index in [4.69, 9.17) is 0 Å². The highest BCUT2D eigenvalue weighted by Crippen LogP contribution is 2.34. The third-order valence-electron chi connectivity index (χ3n) is 4.00. The minimum absolute atomic E-state index is 0.0968. The molecule has 0 bridgehead atoms. The maximum absolute atomic E-state index is 11.9. The second kappa shape index (κ2) is 5.83. The molecule has 1 heterocycles. The Morgan fingerprint density at radius 3 is 2.70 bits per heavy atom. The number of fused-ring (bicyclic) bond motifs is 1. The van der Waals surface area contributed by atoms with Crippen molar-refractivity contribution >= 4 is 15.1 Å². The third kappa shape index (κ3) is 3.21. The Balaban J connectivity index is 2.25. The Bertz CT molecular complexity index is 511. The van der Waals surface area contributed by atoms with Crippen molar-refractivity contribution in [3.8, 4) is 0 Å². The summed E-state index contributed by atoms with van der Waals surface area (Å²) >= 11 is 0. The van der Waals surface area contributed by atoms with E-state index in [1.165, 1.54) is 16.7 Å². The van der Waals surface area contributed by atoms with Crippen molar-refractivity contribution in [2.45, 2.75) is 32.0 Å². The highest BCUT2D eigenvalue weighted by atomic mass is 31.0. The van der Waals surface area contributed by atoms with Crippen LogP contribution in [-0.4, -0.2) is 42.9 Å². The quantitative estimate of drug-likeness (QED) is 0.798. The smallest absolute Gasteiger partial charge is 0.236 e. The number of amides is 1. The summed E-state index contributed by atoms with van der Waals surface area (Å²) in [5.74, 6) is 0.173. The Kier molecular flexibility index (Phi) is 4.51. The first-order chi connectivity index (χ1) is 9.33. The highest BCUT2D eigenvalue weighted by Gasteiger charge is 2.32. The van der Waals surface area contributed by atoms with Gasteiger partial charge < -0.3 is 4.90 Å². The fourth-order valence-corrected chi connectivity index (χ4v) is 3.20. The lowest BCUT2D eigenvalue weighted by molar-refractivity contribution is -0.130. The fourth-order valence-electron chi connectivity index (χ4n) is 2.95. The summed E-state index contributed by atoms with van der Waals surface area (Å²) in [6.07, 6.45) is 0.977. The summed E-state index contributed by atoms with van der Waals surface area (Å²) in [6.45, 7) is 6.83. The van der Waals surface area contributed by atoms with Crippen molar-refractivity contribution in [3.63, 3.8) is 0 Å². The van der Waals surface area contributed by atoms with Gasteiger partial charge in [0.1, 0.15) is 0 Å². The first-order valence-corrected chi connectivity index (χ1v) is 7.90. The van der Waals surface area contributed by atoms with Crippen LogP contribution in [0.3, 0.4) is 0 Å². The number of carbonyl (C=O) groups excluding carboxylic acids is 1. The molecular weight excluding hydrogens is 267 g/mol. The Morgan fingerprint density at radius 1 is 1.40 bits per heavy atom. The molecule has 2 rings (SSSR count). The molecule has 1 aliphatic heterocycles. The molecule has 1 unspecified atom stereocenters. The summed E-state index contributed by atoms with van der Waals surface area (Å²) in [7, 11) is 6.41. The molecule has 3 nitrogen and oxygen atoms in total. The van der Waals surface area contributed by atoms with Crippen molar-refractivity contribution < 1.29 is 4.79 Å². The minimum Gasteiger partial charge on any atom is -0.348 e. The number of benzene rings is 1. The number of rotatable bonds is 3. The SMILES string of the molecule is CN(C)C(=O)CN1Cc2cc(CP)ccc2C(C)(C)C1. The average molecular weight is 292 g/mol. The lowest BCUT2D eigenvalue weighted by Gasteiger charge is -2.40. The molecule has 0 aromatic heterocycles. The van der Waals surface area contributed by atoms with Gasteiger partial charge in [-0.2, -0.15) is 0 Å². The van der Waals surface area contributed by atoms with E-state index in [1.54, 1.807) is 4.90 Å². The van der Waals surface area contributed by atoms with Gasteiger partial charge in [-0.3, -0.25) is 9.69 Å². The van der Waals surface area contributed by atoms with E-state index in [2.05, 4.69) is 46.2 Å². The molecule has 0 radical (unpaired) electrons. The predicted molar refractivity (Wildman–Crippen MR) is 86.9 cm³/mol. The Hall–Kier alpha value is -0.920. The van der Waals surface area contributed by atoms with Crippen LogP contribution in [0.4, 0.5) is 0 Å². The zero-order valence-corrected chi connectivity index (χ0v) is 14.1. The number of hydrogen-bond acceptors (Lipinski definition) is 2. The van der Waals surface area contributed by atoms with Crippen LogP contribution >= 0.6 is 9.24 Å². The van der Waals surface area contributed by atoms with Crippen molar-refractivity contribution in [2.24, 2.45) is 0 Å². The summed E-state index contributed by atoms with van der Waals surface area (Å²) in [6, 6.07) is 6.77. The van der Waals surface area contributed by atoms with Crippen LogP contribution in [-0.2, 0) is 22.9 Å². The molecule has 0 saturated heterocycles. The monoisotopic (exact) mass is 292 g/mol. The first kappa shape index (κ1) is 15.5. The molecule has 0 aliphatic carbocycles. The van der Waals surface area contributed by atoms with Crippen LogP contribution < -0.4 is 0 Å². The van der Waals surface area contributed by atoms with E-state index in [0.29, 0.717) is 6.54 Å². The summed E-state index contributed by atoms with van der Waals surface area (Å²) < 4.78 is 0. The normalized spacial score (nSPS) is 17.6. The van der Waals surface area contributed by atoms with Crippen molar-refractivity contribution in [2.75, 3.05) is 27.2 Å². The van der Waals surface area contributed by atoms with Gasteiger partial charge in [0.15, 0.2) is 0 Å². The van der Waals surface area contributed by atoms with E-state index >= 15 is 0 Å².